The average molecular weight is 318 g/mol. The molecule has 7 nitrogen and oxygen atoms in total. The number of likely N-dealkylation sites (tertiary alicyclic amines) is 1. The molecule has 124 valence electrons. The molecule has 0 aliphatic carbocycles. The second-order valence-electron chi connectivity index (χ2n) is 6.01. The Bertz CT molecular complexity index is 657. The van der Waals surface area contributed by atoms with E-state index in [4.69, 9.17) is 9.15 Å². The van der Waals surface area contributed by atoms with Crippen LogP contribution < -0.4 is 0 Å². The molecule has 2 aromatic heterocycles. The summed E-state index contributed by atoms with van der Waals surface area (Å²) < 4.78 is 10.5. The first-order valence-corrected chi connectivity index (χ1v) is 7.88. The van der Waals surface area contributed by atoms with Crippen molar-refractivity contribution in [3.05, 3.63) is 35.3 Å². The Kier molecular flexibility index (Phi) is 4.47. The molecule has 0 unspecified atom stereocenters. The maximum atomic E-state index is 11.7. The largest absolute Gasteiger partial charge is 0.463 e. The topological polar surface area (TPSA) is 84.2 Å². The fourth-order valence-corrected chi connectivity index (χ4v) is 3.16. The minimum Gasteiger partial charge on any atom is -0.463 e. The molecule has 0 aromatic carbocycles. The third kappa shape index (κ3) is 3.14. The highest BCUT2D eigenvalue weighted by atomic mass is 16.5. The van der Waals surface area contributed by atoms with Crippen molar-refractivity contribution in [3.63, 3.8) is 0 Å². The zero-order chi connectivity index (χ0) is 16.4. The Morgan fingerprint density at radius 1 is 1.48 bits per heavy atom. The first-order valence-electron chi connectivity index (χ1n) is 7.88. The van der Waals surface area contributed by atoms with Gasteiger partial charge >= 0.3 is 5.97 Å². The van der Waals surface area contributed by atoms with Crippen LogP contribution in [0.5, 0.6) is 0 Å². The molecular formula is C16H22N4O3. The molecule has 0 spiro atoms. The van der Waals surface area contributed by atoms with Crippen molar-refractivity contribution in [3.8, 4) is 0 Å². The fraction of sp³-hybridized carbons (Fsp3) is 0.562. The minimum atomic E-state index is -0.426. The van der Waals surface area contributed by atoms with Crippen molar-refractivity contribution < 1.29 is 13.9 Å². The Labute approximate surface area is 135 Å². The predicted molar refractivity (Wildman–Crippen MR) is 83.1 cm³/mol. The third-order valence-electron chi connectivity index (χ3n) is 4.62. The first-order chi connectivity index (χ1) is 11.1. The number of H-pyrrole nitrogens is 1. The number of piperidine rings is 1. The number of aromatic nitrogens is 3. The lowest BCUT2D eigenvalue weighted by molar-refractivity contribution is 0.0556. The van der Waals surface area contributed by atoms with Gasteiger partial charge in [0.05, 0.1) is 13.2 Å². The van der Waals surface area contributed by atoms with Gasteiger partial charge in [0.25, 0.3) is 0 Å². The van der Waals surface area contributed by atoms with Crippen LogP contribution in [-0.4, -0.2) is 46.2 Å². The molecule has 2 aromatic rings. The lowest BCUT2D eigenvalue weighted by atomic mass is 9.95. The zero-order valence-electron chi connectivity index (χ0n) is 13.7. The quantitative estimate of drug-likeness (QED) is 0.872. The van der Waals surface area contributed by atoms with Gasteiger partial charge in [-0.1, -0.05) is 0 Å². The lowest BCUT2D eigenvalue weighted by Gasteiger charge is -2.34. The van der Waals surface area contributed by atoms with Crippen LogP contribution in [0, 0.1) is 6.92 Å². The summed E-state index contributed by atoms with van der Waals surface area (Å²) in [5.41, 5.74) is 0.815. The van der Waals surface area contributed by atoms with Crippen LogP contribution in [-0.2, 0) is 4.74 Å². The number of furan rings is 1. The second-order valence-corrected chi connectivity index (χ2v) is 6.01. The number of nitrogens with zero attached hydrogens (tertiary/aromatic N) is 3. The highest BCUT2D eigenvalue weighted by molar-refractivity contribution is 5.87. The molecule has 0 amide bonds. The maximum Gasteiger partial charge on any atom is 0.374 e. The van der Waals surface area contributed by atoms with Crippen LogP contribution in [0.1, 0.15) is 59.4 Å². The molecule has 1 fully saturated rings. The number of methoxy groups -OCH3 is 1. The van der Waals surface area contributed by atoms with Crippen molar-refractivity contribution in [1.82, 2.24) is 20.1 Å². The van der Waals surface area contributed by atoms with Gasteiger partial charge in [-0.05, 0) is 45.8 Å². The minimum absolute atomic E-state index is 0.128. The average Bonchev–Trinajstić information content (AvgIpc) is 3.23. The number of aromatic amines is 1. The van der Waals surface area contributed by atoms with Crippen LogP contribution in [0.2, 0.25) is 0 Å². The van der Waals surface area contributed by atoms with Gasteiger partial charge in [0.15, 0.2) is 0 Å². The highest BCUT2D eigenvalue weighted by Crippen LogP contribution is 2.32. The Morgan fingerprint density at radius 2 is 2.22 bits per heavy atom. The summed E-state index contributed by atoms with van der Waals surface area (Å²) in [6.45, 7) is 5.88. The molecule has 3 heterocycles. The van der Waals surface area contributed by atoms with E-state index in [9.17, 15) is 4.79 Å². The molecule has 0 bridgehead atoms. The van der Waals surface area contributed by atoms with Crippen molar-refractivity contribution >= 4 is 5.97 Å². The maximum absolute atomic E-state index is 11.7. The summed E-state index contributed by atoms with van der Waals surface area (Å²) in [4.78, 5) is 18.3. The molecule has 0 radical (unpaired) electrons. The number of hydrogen-bond donors (Lipinski definition) is 1. The van der Waals surface area contributed by atoms with Gasteiger partial charge in [0.1, 0.15) is 17.9 Å². The molecule has 23 heavy (non-hydrogen) atoms. The van der Waals surface area contributed by atoms with Gasteiger partial charge in [-0.2, -0.15) is 5.10 Å². The Hall–Kier alpha value is -2.15. The van der Waals surface area contributed by atoms with Gasteiger partial charge in [0, 0.05) is 11.5 Å². The lowest BCUT2D eigenvalue weighted by Crippen LogP contribution is -2.35. The standard InChI is InChI=1S/C16H22N4O3/c1-10-8-13(23-14(10)16(21)22-3)11(2)20-6-4-12(5-7-20)15-17-9-18-19-15/h8-9,11-12H,4-7H2,1-3H3,(H,17,18,19)/t11-/m1/s1. The van der Waals surface area contributed by atoms with E-state index in [1.165, 1.54) is 7.11 Å². The molecule has 7 heteroatoms. The molecular weight excluding hydrogens is 296 g/mol. The van der Waals surface area contributed by atoms with Crippen LogP contribution >= 0.6 is 0 Å². The molecule has 1 N–H and O–H groups in total. The normalized spacial score (nSPS) is 18.0. The van der Waals surface area contributed by atoms with E-state index in [1.807, 2.05) is 13.0 Å². The Balaban J connectivity index is 1.65. The number of ether oxygens (including phenoxy) is 1. The van der Waals surface area contributed by atoms with E-state index >= 15 is 0 Å². The van der Waals surface area contributed by atoms with Crippen molar-refractivity contribution in [1.29, 1.82) is 0 Å². The number of nitrogens with one attached hydrogen (secondary N) is 1. The summed E-state index contributed by atoms with van der Waals surface area (Å²) in [7, 11) is 1.36. The van der Waals surface area contributed by atoms with Crippen molar-refractivity contribution in [2.24, 2.45) is 0 Å². The highest BCUT2D eigenvalue weighted by Gasteiger charge is 2.28. The predicted octanol–water partition coefficient (Wildman–Crippen LogP) is 2.43. The van der Waals surface area contributed by atoms with E-state index < -0.39 is 5.97 Å². The van der Waals surface area contributed by atoms with Gasteiger partial charge in [-0.15, -0.1) is 0 Å². The summed E-state index contributed by atoms with van der Waals surface area (Å²) in [6.07, 6.45) is 3.62. The van der Waals surface area contributed by atoms with Gasteiger partial charge in [-0.3, -0.25) is 10.00 Å². The number of hydrogen-bond acceptors (Lipinski definition) is 6. The van der Waals surface area contributed by atoms with E-state index in [0.29, 0.717) is 11.7 Å². The summed E-state index contributed by atoms with van der Waals surface area (Å²) >= 11 is 0. The van der Waals surface area contributed by atoms with Crippen LogP contribution in [0.4, 0.5) is 0 Å². The number of carbonyl (C=O) groups excluding carboxylic acids is 1. The molecule has 1 saturated heterocycles. The summed E-state index contributed by atoms with van der Waals surface area (Å²) in [5.74, 6) is 2.08. The van der Waals surface area contributed by atoms with Gasteiger partial charge in [0.2, 0.25) is 5.76 Å². The van der Waals surface area contributed by atoms with Crippen LogP contribution in [0.3, 0.4) is 0 Å². The fourth-order valence-electron chi connectivity index (χ4n) is 3.16. The van der Waals surface area contributed by atoms with Crippen LogP contribution in [0.15, 0.2) is 16.8 Å². The van der Waals surface area contributed by atoms with Gasteiger partial charge in [-0.25, -0.2) is 9.78 Å². The van der Waals surface area contributed by atoms with Crippen molar-refractivity contribution in [2.45, 2.75) is 38.6 Å². The number of esters is 1. The molecule has 3 rings (SSSR count). The monoisotopic (exact) mass is 318 g/mol. The van der Waals surface area contributed by atoms with E-state index in [1.54, 1.807) is 6.33 Å². The molecule has 1 atom stereocenters. The third-order valence-corrected chi connectivity index (χ3v) is 4.62. The molecule has 0 saturated carbocycles. The van der Waals surface area contributed by atoms with Crippen LogP contribution in [0.25, 0.3) is 0 Å². The smallest absolute Gasteiger partial charge is 0.374 e. The Morgan fingerprint density at radius 3 is 2.83 bits per heavy atom. The zero-order valence-corrected chi connectivity index (χ0v) is 13.7. The van der Waals surface area contributed by atoms with E-state index in [2.05, 4.69) is 27.0 Å². The molecule has 1 aliphatic heterocycles. The number of aryl methyl sites for hydroxylation is 1. The van der Waals surface area contributed by atoms with Crippen molar-refractivity contribution in [2.75, 3.05) is 20.2 Å². The van der Waals surface area contributed by atoms with E-state index in [-0.39, 0.29) is 6.04 Å². The summed E-state index contributed by atoms with van der Waals surface area (Å²) in [6, 6.07) is 2.06. The number of carbonyl (C=O) groups is 1. The SMILES string of the molecule is COC(=O)c1oc([C@@H](C)N2CCC(c3ncn[nH]3)CC2)cc1C. The number of rotatable bonds is 4. The first kappa shape index (κ1) is 15.7. The second kappa shape index (κ2) is 6.54. The molecule has 1 aliphatic rings. The van der Waals surface area contributed by atoms with E-state index in [0.717, 1.165) is 43.1 Å². The van der Waals surface area contributed by atoms with Gasteiger partial charge < -0.3 is 9.15 Å². The summed E-state index contributed by atoms with van der Waals surface area (Å²) in [5, 5.41) is 6.89.